The second kappa shape index (κ2) is 3.96. The van der Waals surface area contributed by atoms with Crippen molar-refractivity contribution in [2.45, 2.75) is 44.7 Å². The molecule has 0 atom stereocenters. The van der Waals surface area contributed by atoms with Gasteiger partial charge in [-0.2, -0.15) is 0 Å². The van der Waals surface area contributed by atoms with Crippen LogP contribution in [0.2, 0.25) is 0 Å². The Kier molecular flexibility index (Phi) is 3.14. The molecule has 3 N–H and O–H groups in total. The van der Waals surface area contributed by atoms with Gasteiger partial charge in [-0.15, -0.1) is 0 Å². The number of carbonyl (C=O) groups is 1. The van der Waals surface area contributed by atoms with Crippen molar-refractivity contribution in [3.8, 4) is 0 Å². The molecule has 4 nitrogen and oxygen atoms in total. The lowest BCUT2D eigenvalue weighted by molar-refractivity contribution is 0.117. The van der Waals surface area contributed by atoms with Gasteiger partial charge in [0, 0.05) is 11.6 Å². The Balaban J connectivity index is 2.10. The maximum absolute atomic E-state index is 11.1. The van der Waals surface area contributed by atoms with Crippen molar-refractivity contribution in [3.63, 3.8) is 0 Å². The predicted molar refractivity (Wildman–Crippen MR) is 50.4 cm³/mol. The minimum absolute atomic E-state index is 0.256. The molecule has 1 aliphatic carbocycles. The summed E-state index contributed by atoms with van der Waals surface area (Å²) in [5.41, 5.74) is 5.21. The summed E-state index contributed by atoms with van der Waals surface area (Å²) in [5.74, 6) is 0. The molecule has 0 aromatic rings. The molecule has 0 aliphatic heterocycles. The largest absolute Gasteiger partial charge is 0.448 e. The van der Waals surface area contributed by atoms with E-state index in [1.165, 1.54) is 6.42 Å². The van der Waals surface area contributed by atoms with Gasteiger partial charge in [0.15, 0.2) is 0 Å². The van der Waals surface area contributed by atoms with Gasteiger partial charge in [0.2, 0.25) is 0 Å². The Labute approximate surface area is 78.8 Å². The van der Waals surface area contributed by atoms with Crippen LogP contribution in [-0.4, -0.2) is 24.3 Å². The van der Waals surface area contributed by atoms with Gasteiger partial charge in [-0.25, -0.2) is 4.79 Å². The topological polar surface area (TPSA) is 64.3 Å². The normalized spacial score (nSPS) is 17.8. The molecule has 76 valence electrons. The molecule has 0 heterocycles. The van der Waals surface area contributed by atoms with E-state index >= 15 is 0 Å². The Morgan fingerprint density at radius 1 is 1.62 bits per heavy atom. The maximum Gasteiger partial charge on any atom is 0.407 e. The molecule has 1 aliphatic rings. The van der Waals surface area contributed by atoms with Crippen LogP contribution in [0.5, 0.6) is 0 Å². The predicted octanol–water partition coefficient (Wildman–Crippen LogP) is 1.00. The average Bonchev–Trinajstić information content (AvgIpc) is 1.91. The Morgan fingerprint density at radius 3 is 2.62 bits per heavy atom. The maximum atomic E-state index is 11.1. The molecule has 1 rings (SSSR count). The van der Waals surface area contributed by atoms with Gasteiger partial charge in [0.1, 0.15) is 6.61 Å². The first-order valence-electron chi connectivity index (χ1n) is 4.69. The highest BCUT2D eigenvalue weighted by Crippen LogP contribution is 2.17. The zero-order valence-corrected chi connectivity index (χ0v) is 8.30. The fourth-order valence-corrected chi connectivity index (χ4v) is 1.01. The van der Waals surface area contributed by atoms with Gasteiger partial charge in [0.05, 0.1) is 0 Å². The summed E-state index contributed by atoms with van der Waals surface area (Å²) < 4.78 is 4.94. The number of carbonyl (C=O) groups excluding carboxylic acids is 1. The van der Waals surface area contributed by atoms with Crippen LogP contribution in [-0.2, 0) is 4.74 Å². The highest BCUT2D eigenvalue weighted by Gasteiger charge is 2.21. The van der Waals surface area contributed by atoms with Crippen LogP contribution in [0, 0.1) is 0 Å². The SMILES string of the molecule is CC(C)(N)COC(=O)NC1CCC1. The number of hydrogen-bond acceptors (Lipinski definition) is 3. The average molecular weight is 186 g/mol. The number of amides is 1. The summed E-state index contributed by atoms with van der Waals surface area (Å²) in [6.07, 6.45) is 3.00. The second-order valence-electron chi connectivity index (χ2n) is 4.34. The van der Waals surface area contributed by atoms with Crippen LogP contribution in [0.4, 0.5) is 4.79 Å². The molecule has 0 bridgehead atoms. The van der Waals surface area contributed by atoms with Gasteiger partial charge in [-0.05, 0) is 33.1 Å². The van der Waals surface area contributed by atoms with E-state index in [4.69, 9.17) is 10.5 Å². The first kappa shape index (κ1) is 10.3. The standard InChI is InChI=1S/C9H18N2O2/c1-9(2,10)6-13-8(12)11-7-4-3-5-7/h7H,3-6,10H2,1-2H3,(H,11,12). The van der Waals surface area contributed by atoms with Crippen LogP contribution < -0.4 is 11.1 Å². The third kappa shape index (κ3) is 4.12. The van der Waals surface area contributed by atoms with Crippen LogP contribution in [0.25, 0.3) is 0 Å². The van der Waals surface area contributed by atoms with E-state index in [0.29, 0.717) is 6.04 Å². The third-order valence-corrected chi connectivity index (χ3v) is 2.00. The molecule has 4 heteroatoms. The second-order valence-corrected chi connectivity index (χ2v) is 4.34. The smallest absolute Gasteiger partial charge is 0.407 e. The van der Waals surface area contributed by atoms with E-state index < -0.39 is 5.54 Å². The van der Waals surface area contributed by atoms with Crippen molar-refractivity contribution in [2.75, 3.05) is 6.61 Å². The Bertz CT molecular complexity index is 183. The molecular formula is C9H18N2O2. The van der Waals surface area contributed by atoms with Crippen molar-refractivity contribution in [1.29, 1.82) is 0 Å². The molecule has 0 aromatic carbocycles. The molecule has 0 saturated heterocycles. The molecule has 1 amide bonds. The number of alkyl carbamates (subject to hydrolysis) is 1. The number of nitrogens with one attached hydrogen (secondary N) is 1. The number of rotatable bonds is 3. The summed E-state index contributed by atoms with van der Waals surface area (Å²) in [5, 5.41) is 2.77. The molecule has 1 saturated carbocycles. The van der Waals surface area contributed by atoms with E-state index in [0.717, 1.165) is 12.8 Å². The van der Waals surface area contributed by atoms with Gasteiger partial charge in [0.25, 0.3) is 0 Å². The van der Waals surface area contributed by atoms with Crippen molar-refractivity contribution >= 4 is 6.09 Å². The minimum Gasteiger partial charge on any atom is -0.448 e. The van der Waals surface area contributed by atoms with Gasteiger partial charge in [-0.3, -0.25) is 0 Å². The number of hydrogen-bond donors (Lipinski definition) is 2. The van der Waals surface area contributed by atoms with E-state index in [1.54, 1.807) is 0 Å². The van der Waals surface area contributed by atoms with Gasteiger partial charge in [-0.1, -0.05) is 0 Å². The molecular weight excluding hydrogens is 168 g/mol. The van der Waals surface area contributed by atoms with Crippen molar-refractivity contribution < 1.29 is 9.53 Å². The van der Waals surface area contributed by atoms with Crippen LogP contribution in [0.1, 0.15) is 33.1 Å². The highest BCUT2D eigenvalue weighted by molar-refractivity contribution is 5.67. The van der Waals surface area contributed by atoms with Crippen LogP contribution in [0.15, 0.2) is 0 Å². The summed E-state index contributed by atoms with van der Waals surface area (Å²) in [7, 11) is 0. The van der Waals surface area contributed by atoms with E-state index in [9.17, 15) is 4.79 Å². The third-order valence-electron chi connectivity index (χ3n) is 2.00. The summed E-state index contributed by atoms with van der Waals surface area (Å²) in [6.45, 7) is 3.90. The fraction of sp³-hybridized carbons (Fsp3) is 0.889. The quantitative estimate of drug-likeness (QED) is 0.691. The monoisotopic (exact) mass is 186 g/mol. The van der Waals surface area contributed by atoms with Crippen LogP contribution >= 0.6 is 0 Å². The zero-order valence-electron chi connectivity index (χ0n) is 8.30. The molecule has 0 radical (unpaired) electrons. The van der Waals surface area contributed by atoms with E-state index in [1.807, 2.05) is 13.8 Å². The van der Waals surface area contributed by atoms with E-state index in [2.05, 4.69) is 5.32 Å². The first-order valence-corrected chi connectivity index (χ1v) is 4.69. The van der Waals surface area contributed by atoms with Crippen molar-refractivity contribution in [2.24, 2.45) is 5.73 Å². The Hall–Kier alpha value is -0.770. The molecule has 0 spiro atoms. The van der Waals surface area contributed by atoms with Crippen molar-refractivity contribution in [3.05, 3.63) is 0 Å². The zero-order chi connectivity index (χ0) is 9.90. The molecule has 0 unspecified atom stereocenters. The molecule has 0 aromatic heterocycles. The van der Waals surface area contributed by atoms with Gasteiger partial charge >= 0.3 is 6.09 Å². The highest BCUT2D eigenvalue weighted by atomic mass is 16.5. The van der Waals surface area contributed by atoms with Gasteiger partial charge < -0.3 is 15.8 Å². The summed E-state index contributed by atoms with van der Waals surface area (Å²) in [6, 6.07) is 0.327. The van der Waals surface area contributed by atoms with Crippen molar-refractivity contribution in [1.82, 2.24) is 5.32 Å². The molecule has 1 fully saturated rings. The molecule has 13 heavy (non-hydrogen) atoms. The minimum atomic E-state index is -0.447. The first-order chi connectivity index (χ1) is 5.97. The van der Waals surface area contributed by atoms with E-state index in [-0.39, 0.29) is 12.7 Å². The lowest BCUT2D eigenvalue weighted by Gasteiger charge is -2.26. The van der Waals surface area contributed by atoms with Crippen LogP contribution in [0.3, 0.4) is 0 Å². The number of nitrogens with two attached hydrogens (primary N) is 1. The summed E-state index contributed by atoms with van der Waals surface area (Å²) >= 11 is 0. The summed E-state index contributed by atoms with van der Waals surface area (Å²) in [4.78, 5) is 11.1. The fourth-order valence-electron chi connectivity index (χ4n) is 1.01. The lowest BCUT2D eigenvalue weighted by atomic mass is 9.93. The lowest BCUT2D eigenvalue weighted by Crippen LogP contribution is -2.44. The Morgan fingerprint density at radius 2 is 2.23 bits per heavy atom. The number of ether oxygens (including phenoxy) is 1.